The molecule has 2 aliphatic rings. The van der Waals surface area contributed by atoms with E-state index < -0.39 is 17.8 Å². The lowest BCUT2D eigenvalue weighted by molar-refractivity contribution is -0.148. The second-order valence-corrected chi connectivity index (χ2v) is 6.55. The van der Waals surface area contributed by atoms with Crippen LogP contribution in [0, 0.1) is 18.8 Å². The fourth-order valence-electron chi connectivity index (χ4n) is 3.40. The minimum absolute atomic E-state index is 0.0845. The summed E-state index contributed by atoms with van der Waals surface area (Å²) in [5.74, 6) is -2.55. The zero-order valence-electron chi connectivity index (χ0n) is 14.1. The minimum Gasteiger partial charge on any atom is -0.481 e. The monoisotopic (exact) mass is 350 g/mol. The van der Waals surface area contributed by atoms with Gasteiger partial charge in [0, 0.05) is 31.7 Å². The molecule has 136 valence electrons. The Morgan fingerprint density at radius 3 is 2.40 bits per heavy atom. The molecule has 0 aliphatic carbocycles. The Balaban J connectivity index is 1.77. The second-order valence-electron chi connectivity index (χ2n) is 6.55. The molecule has 0 saturated carbocycles. The van der Waals surface area contributed by atoms with Crippen molar-refractivity contribution in [1.82, 2.24) is 9.80 Å². The number of carbonyl (C=O) groups is 3. The summed E-state index contributed by atoms with van der Waals surface area (Å²) >= 11 is 0. The van der Waals surface area contributed by atoms with Gasteiger partial charge >= 0.3 is 5.97 Å². The van der Waals surface area contributed by atoms with Gasteiger partial charge in [0.15, 0.2) is 5.76 Å². The molecule has 1 aromatic rings. The molecule has 3 rings (SSSR count). The van der Waals surface area contributed by atoms with Gasteiger partial charge in [0.05, 0.1) is 31.3 Å². The van der Waals surface area contributed by atoms with Crippen molar-refractivity contribution >= 4 is 17.8 Å². The number of aliphatic carboxylic acids is 1. The maximum atomic E-state index is 12.8. The summed E-state index contributed by atoms with van der Waals surface area (Å²) in [4.78, 5) is 40.1. The van der Waals surface area contributed by atoms with Gasteiger partial charge in [-0.1, -0.05) is 0 Å². The molecule has 0 aromatic carbocycles. The Bertz CT molecular complexity index is 664. The lowest BCUT2D eigenvalue weighted by Crippen LogP contribution is -2.52. The Morgan fingerprint density at radius 2 is 1.80 bits per heavy atom. The second kappa shape index (κ2) is 7.26. The van der Waals surface area contributed by atoms with E-state index in [9.17, 15) is 19.5 Å². The zero-order valence-corrected chi connectivity index (χ0v) is 14.1. The van der Waals surface area contributed by atoms with Crippen LogP contribution in [0.1, 0.15) is 22.5 Å². The first kappa shape index (κ1) is 17.5. The van der Waals surface area contributed by atoms with Crippen molar-refractivity contribution in [2.75, 3.05) is 39.4 Å². The molecule has 25 heavy (non-hydrogen) atoms. The fourth-order valence-corrected chi connectivity index (χ4v) is 3.40. The van der Waals surface area contributed by atoms with Crippen LogP contribution in [-0.4, -0.2) is 72.1 Å². The number of hydrogen-bond donors (Lipinski definition) is 1. The summed E-state index contributed by atoms with van der Waals surface area (Å²) in [7, 11) is 0. The van der Waals surface area contributed by atoms with Gasteiger partial charge < -0.3 is 24.1 Å². The molecule has 8 heteroatoms. The van der Waals surface area contributed by atoms with Crippen LogP contribution >= 0.6 is 0 Å². The molecule has 0 bridgehead atoms. The number of furan rings is 1. The van der Waals surface area contributed by atoms with Gasteiger partial charge in [-0.3, -0.25) is 14.4 Å². The highest BCUT2D eigenvalue weighted by Crippen LogP contribution is 2.26. The predicted molar refractivity (Wildman–Crippen MR) is 86.0 cm³/mol. The normalized spacial score (nSPS) is 24.2. The van der Waals surface area contributed by atoms with Gasteiger partial charge in [0.25, 0.3) is 5.91 Å². The molecule has 0 radical (unpaired) electrons. The van der Waals surface area contributed by atoms with Crippen LogP contribution in [0.3, 0.4) is 0 Å². The van der Waals surface area contributed by atoms with E-state index in [0.29, 0.717) is 31.9 Å². The highest BCUT2D eigenvalue weighted by Gasteiger charge is 2.39. The van der Waals surface area contributed by atoms with Crippen LogP contribution in [0.2, 0.25) is 0 Å². The Hall–Kier alpha value is -2.35. The van der Waals surface area contributed by atoms with Gasteiger partial charge in [0.2, 0.25) is 5.91 Å². The number of nitrogens with zero attached hydrogens (tertiary/aromatic N) is 2. The average Bonchev–Trinajstić information content (AvgIpc) is 3.06. The molecule has 0 spiro atoms. The summed E-state index contributed by atoms with van der Waals surface area (Å²) in [6, 6.07) is 1.68. The van der Waals surface area contributed by atoms with Crippen molar-refractivity contribution in [1.29, 1.82) is 0 Å². The van der Waals surface area contributed by atoms with Crippen LogP contribution in [0.5, 0.6) is 0 Å². The van der Waals surface area contributed by atoms with Gasteiger partial charge in [0.1, 0.15) is 0 Å². The lowest BCUT2D eigenvalue weighted by atomic mass is 9.87. The van der Waals surface area contributed by atoms with E-state index in [0.717, 1.165) is 0 Å². The number of ether oxygens (including phenoxy) is 1. The van der Waals surface area contributed by atoms with Crippen molar-refractivity contribution in [2.24, 2.45) is 11.8 Å². The van der Waals surface area contributed by atoms with E-state index in [1.165, 1.54) is 11.2 Å². The third kappa shape index (κ3) is 3.68. The predicted octanol–water partition coefficient (Wildman–Crippen LogP) is 0.610. The average molecular weight is 350 g/mol. The highest BCUT2D eigenvalue weighted by molar-refractivity contribution is 5.94. The van der Waals surface area contributed by atoms with Crippen molar-refractivity contribution in [3.8, 4) is 0 Å². The smallest absolute Gasteiger partial charge is 0.308 e. The molecule has 1 N–H and O–H groups in total. The summed E-state index contributed by atoms with van der Waals surface area (Å²) in [5, 5.41) is 9.43. The van der Waals surface area contributed by atoms with Gasteiger partial charge in [-0.15, -0.1) is 0 Å². The van der Waals surface area contributed by atoms with E-state index in [1.807, 2.05) is 0 Å². The largest absolute Gasteiger partial charge is 0.481 e. The molecule has 2 atom stereocenters. The van der Waals surface area contributed by atoms with Crippen molar-refractivity contribution in [2.45, 2.75) is 13.3 Å². The first-order chi connectivity index (χ1) is 12.0. The Kier molecular flexibility index (Phi) is 5.08. The third-order valence-electron chi connectivity index (χ3n) is 4.82. The van der Waals surface area contributed by atoms with Crippen LogP contribution in [0.15, 0.2) is 16.7 Å². The lowest BCUT2D eigenvalue weighted by Gasteiger charge is -2.38. The van der Waals surface area contributed by atoms with E-state index in [1.54, 1.807) is 17.9 Å². The molecular weight excluding hydrogens is 328 g/mol. The number of amides is 2. The van der Waals surface area contributed by atoms with Crippen LogP contribution in [-0.2, 0) is 14.3 Å². The van der Waals surface area contributed by atoms with E-state index in [-0.39, 0.29) is 37.1 Å². The SMILES string of the molecule is Cc1ccoc1C(=O)N1C[C@@H](C(=O)O)C[C@H](C(=O)N2CCOCC2)C1. The van der Waals surface area contributed by atoms with Crippen molar-refractivity contribution in [3.05, 3.63) is 23.7 Å². The van der Waals surface area contributed by atoms with Gasteiger partial charge in [-0.25, -0.2) is 0 Å². The van der Waals surface area contributed by atoms with Crippen molar-refractivity contribution in [3.63, 3.8) is 0 Å². The first-order valence-corrected chi connectivity index (χ1v) is 8.40. The van der Waals surface area contributed by atoms with E-state index in [4.69, 9.17) is 9.15 Å². The molecule has 1 aromatic heterocycles. The number of likely N-dealkylation sites (tertiary alicyclic amines) is 1. The number of carboxylic acids is 1. The third-order valence-corrected chi connectivity index (χ3v) is 4.82. The topological polar surface area (TPSA) is 100 Å². The zero-order chi connectivity index (χ0) is 18.0. The Labute approximate surface area is 145 Å². The number of rotatable bonds is 3. The van der Waals surface area contributed by atoms with E-state index >= 15 is 0 Å². The van der Waals surface area contributed by atoms with Gasteiger partial charge in [-0.05, 0) is 19.4 Å². The maximum absolute atomic E-state index is 12.8. The summed E-state index contributed by atoms with van der Waals surface area (Å²) < 4.78 is 10.5. The number of carbonyl (C=O) groups excluding carboxylic acids is 2. The number of morpholine rings is 1. The summed E-state index contributed by atoms with van der Waals surface area (Å²) in [6.07, 6.45) is 1.67. The van der Waals surface area contributed by atoms with E-state index in [2.05, 4.69) is 0 Å². The molecule has 2 fully saturated rings. The highest BCUT2D eigenvalue weighted by atomic mass is 16.5. The molecule has 2 aliphatic heterocycles. The number of aryl methyl sites for hydroxylation is 1. The molecule has 3 heterocycles. The molecule has 0 unspecified atom stereocenters. The van der Waals surface area contributed by atoms with Crippen LogP contribution in [0.4, 0.5) is 0 Å². The molecule has 2 saturated heterocycles. The summed E-state index contributed by atoms with van der Waals surface area (Å²) in [5.41, 5.74) is 0.693. The quantitative estimate of drug-likeness (QED) is 0.857. The molecule has 2 amide bonds. The number of piperidine rings is 1. The summed E-state index contributed by atoms with van der Waals surface area (Å²) in [6.45, 7) is 4.01. The molecular formula is C17H22N2O6. The van der Waals surface area contributed by atoms with Crippen LogP contribution < -0.4 is 0 Å². The van der Waals surface area contributed by atoms with Crippen LogP contribution in [0.25, 0.3) is 0 Å². The van der Waals surface area contributed by atoms with Crippen molar-refractivity contribution < 1.29 is 28.6 Å². The maximum Gasteiger partial charge on any atom is 0.308 e. The number of carboxylic acid groups (broad SMARTS) is 1. The minimum atomic E-state index is -0.992. The van der Waals surface area contributed by atoms with Gasteiger partial charge in [-0.2, -0.15) is 0 Å². The standard InChI is InChI=1S/C17H22N2O6/c1-11-2-5-25-14(11)16(21)19-9-12(8-13(10-19)17(22)23)15(20)18-3-6-24-7-4-18/h2,5,12-13H,3-4,6-10H2,1H3,(H,22,23)/t12-,13-/m0/s1. The first-order valence-electron chi connectivity index (χ1n) is 8.40. The Morgan fingerprint density at radius 1 is 1.12 bits per heavy atom. The fraction of sp³-hybridized carbons (Fsp3) is 0.588. The molecule has 8 nitrogen and oxygen atoms in total. The number of hydrogen-bond acceptors (Lipinski definition) is 5.